The van der Waals surface area contributed by atoms with E-state index in [-0.39, 0.29) is 0 Å². The minimum atomic E-state index is 0.921. The molecule has 3 rings (SSSR count). The fraction of sp³-hybridized carbons (Fsp3) is 0.333. The molecule has 0 amide bonds. The first-order valence-electron chi connectivity index (χ1n) is 5.34. The first-order valence-corrected chi connectivity index (χ1v) is 5.34. The van der Waals surface area contributed by atoms with Crippen molar-refractivity contribution in [3.05, 3.63) is 41.3 Å². The molecule has 0 aliphatic heterocycles. The van der Waals surface area contributed by atoms with Gasteiger partial charge in [-0.1, -0.05) is 6.07 Å². The second-order valence-electron chi connectivity index (χ2n) is 4.04. The van der Waals surface area contributed by atoms with E-state index in [1.54, 1.807) is 0 Å². The van der Waals surface area contributed by atoms with Gasteiger partial charge in [0.25, 0.3) is 0 Å². The largest absolute Gasteiger partial charge is 0.234 e. The molecule has 0 N–H and O–H groups in total. The molecule has 0 aromatic carbocycles. The maximum absolute atomic E-state index is 4.56. The third-order valence-corrected chi connectivity index (χ3v) is 2.85. The minimum Gasteiger partial charge on any atom is -0.234 e. The van der Waals surface area contributed by atoms with Crippen molar-refractivity contribution >= 4 is 0 Å². The zero-order valence-corrected chi connectivity index (χ0v) is 8.77. The van der Waals surface area contributed by atoms with E-state index in [1.807, 2.05) is 29.8 Å². The van der Waals surface area contributed by atoms with E-state index < -0.39 is 0 Å². The topological polar surface area (TPSA) is 30.7 Å². The summed E-state index contributed by atoms with van der Waals surface area (Å²) in [6, 6.07) is 6.01. The normalized spacial score (nSPS) is 14.2. The molecule has 0 bridgehead atoms. The molecule has 0 atom stereocenters. The molecule has 76 valence electrons. The summed E-state index contributed by atoms with van der Waals surface area (Å²) >= 11 is 0. The van der Waals surface area contributed by atoms with Crippen LogP contribution in [0.15, 0.2) is 24.4 Å². The van der Waals surface area contributed by atoms with Gasteiger partial charge in [0, 0.05) is 11.9 Å². The van der Waals surface area contributed by atoms with Gasteiger partial charge in [-0.2, -0.15) is 5.10 Å². The highest BCUT2D eigenvalue weighted by Crippen LogP contribution is 2.21. The first-order chi connectivity index (χ1) is 7.33. The molecule has 1 aliphatic carbocycles. The van der Waals surface area contributed by atoms with Crippen LogP contribution >= 0.6 is 0 Å². The van der Waals surface area contributed by atoms with E-state index in [1.165, 1.54) is 24.1 Å². The lowest BCUT2D eigenvalue weighted by Crippen LogP contribution is -2.00. The van der Waals surface area contributed by atoms with Crippen LogP contribution in [0.25, 0.3) is 5.82 Å². The van der Waals surface area contributed by atoms with Gasteiger partial charge >= 0.3 is 0 Å². The average Bonchev–Trinajstić information content (AvgIpc) is 2.76. The molecule has 0 unspecified atom stereocenters. The maximum atomic E-state index is 4.56. The molecule has 2 heterocycles. The Morgan fingerprint density at radius 3 is 3.00 bits per heavy atom. The van der Waals surface area contributed by atoms with E-state index in [0.717, 1.165) is 17.9 Å². The molecule has 1 aliphatic rings. The minimum absolute atomic E-state index is 0.921. The Labute approximate surface area is 88.8 Å². The Morgan fingerprint density at radius 1 is 1.27 bits per heavy atom. The van der Waals surface area contributed by atoms with Gasteiger partial charge in [-0.3, -0.25) is 0 Å². The second-order valence-corrected chi connectivity index (χ2v) is 4.04. The number of fused-ring (bicyclic) bond motifs is 1. The van der Waals surface area contributed by atoms with Crippen molar-refractivity contribution in [2.75, 3.05) is 0 Å². The van der Waals surface area contributed by atoms with Gasteiger partial charge in [-0.25, -0.2) is 9.67 Å². The van der Waals surface area contributed by atoms with Gasteiger partial charge in [0.15, 0.2) is 5.82 Å². The van der Waals surface area contributed by atoms with Crippen molar-refractivity contribution in [1.82, 2.24) is 14.8 Å². The maximum Gasteiger partial charge on any atom is 0.153 e. The predicted molar refractivity (Wildman–Crippen MR) is 58.1 cm³/mol. The van der Waals surface area contributed by atoms with Crippen LogP contribution in [0.4, 0.5) is 0 Å². The van der Waals surface area contributed by atoms with Gasteiger partial charge < -0.3 is 0 Å². The molecule has 15 heavy (non-hydrogen) atoms. The summed E-state index contributed by atoms with van der Waals surface area (Å²) < 4.78 is 1.90. The van der Waals surface area contributed by atoms with Crippen LogP contribution in [0, 0.1) is 6.92 Å². The number of aromatic nitrogens is 3. The van der Waals surface area contributed by atoms with Crippen LogP contribution in [0.1, 0.15) is 23.4 Å². The summed E-state index contributed by atoms with van der Waals surface area (Å²) in [5.74, 6) is 0.921. The molecule has 0 radical (unpaired) electrons. The van der Waals surface area contributed by atoms with Gasteiger partial charge in [0.1, 0.15) is 0 Å². The number of aryl methyl sites for hydroxylation is 3. The summed E-state index contributed by atoms with van der Waals surface area (Å²) in [6.07, 6.45) is 5.65. The summed E-state index contributed by atoms with van der Waals surface area (Å²) in [4.78, 5) is 4.46. The number of nitrogens with zero attached hydrogens (tertiary/aromatic N) is 3. The standard InChI is InChI=1S/C12H13N3/c1-9-4-2-7-12(13-9)15-8-10-5-3-6-11(10)14-15/h2,4,7-8H,3,5-6H2,1H3. The molecule has 0 saturated heterocycles. The van der Waals surface area contributed by atoms with E-state index in [4.69, 9.17) is 0 Å². The van der Waals surface area contributed by atoms with Crippen molar-refractivity contribution in [2.45, 2.75) is 26.2 Å². The van der Waals surface area contributed by atoms with Crippen LogP contribution in [0.5, 0.6) is 0 Å². The lowest BCUT2D eigenvalue weighted by molar-refractivity contribution is 0.782. The Kier molecular flexibility index (Phi) is 1.84. The molecule has 2 aromatic heterocycles. The molecule has 0 spiro atoms. The monoisotopic (exact) mass is 199 g/mol. The van der Waals surface area contributed by atoms with Gasteiger partial charge in [-0.05, 0) is 43.9 Å². The molecule has 3 heteroatoms. The SMILES string of the molecule is Cc1cccc(-n2cc3c(n2)CCC3)n1. The predicted octanol–water partition coefficient (Wildman–Crippen LogP) is 2.06. The average molecular weight is 199 g/mol. The van der Waals surface area contributed by atoms with E-state index in [0.29, 0.717) is 0 Å². The molecule has 0 saturated carbocycles. The Balaban J connectivity index is 2.06. The Hall–Kier alpha value is -1.64. The van der Waals surface area contributed by atoms with Crippen LogP contribution in [0.3, 0.4) is 0 Å². The molecular formula is C12H13N3. The smallest absolute Gasteiger partial charge is 0.153 e. The zero-order chi connectivity index (χ0) is 10.3. The van der Waals surface area contributed by atoms with Gasteiger partial charge in [0.2, 0.25) is 0 Å². The molecule has 2 aromatic rings. The Bertz CT molecular complexity index is 478. The first kappa shape index (κ1) is 8.65. The number of pyridine rings is 1. The van der Waals surface area contributed by atoms with Crippen molar-refractivity contribution in [3.8, 4) is 5.82 Å². The van der Waals surface area contributed by atoms with Gasteiger partial charge in [-0.15, -0.1) is 0 Å². The van der Waals surface area contributed by atoms with Crippen LogP contribution < -0.4 is 0 Å². The molecule has 0 fully saturated rings. The highest BCUT2D eigenvalue weighted by Gasteiger charge is 2.15. The number of rotatable bonds is 1. The number of hydrogen-bond acceptors (Lipinski definition) is 2. The fourth-order valence-corrected chi connectivity index (χ4v) is 2.08. The van der Waals surface area contributed by atoms with Gasteiger partial charge in [0.05, 0.1) is 5.69 Å². The van der Waals surface area contributed by atoms with Crippen molar-refractivity contribution in [3.63, 3.8) is 0 Å². The lowest BCUT2D eigenvalue weighted by atomic mass is 10.3. The van der Waals surface area contributed by atoms with Crippen LogP contribution in [-0.2, 0) is 12.8 Å². The Morgan fingerprint density at radius 2 is 2.20 bits per heavy atom. The van der Waals surface area contributed by atoms with Crippen molar-refractivity contribution in [2.24, 2.45) is 0 Å². The van der Waals surface area contributed by atoms with E-state index >= 15 is 0 Å². The third kappa shape index (κ3) is 1.44. The summed E-state index contributed by atoms with van der Waals surface area (Å²) in [5.41, 5.74) is 3.67. The van der Waals surface area contributed by atoms with E-state index in [9.17, 15) is 0 Å². The van der Waals surface area contributed by atoms with Crippen molar-refractivity contribution in [1.29, 1.82) is 0 Å². The molecular weight excluding hydrogens is 186 g/mol. The van der Waals surface area contributed by atoms with Crippen molar-refractivity contribution < 1.29 is 0 Å². The molecule has 3 nitrogen and oxygen atoms in total. The fourth-order valence-electron chi connectivity index (χ4n) is 2.08. The summed E-state index contributed by atoms with van der Waals surface area (Å²) in [6.45, 7) is 2.00. The lowest BCUT2D eigenvalue weighted by Gasteiger charge is -2.01. The van der Waals surface area contributed by atoms with Crippen LogP contribution in [-0.4, -0.2) is 14.8 Å². The highest BCUT2D eigenvalue weighted by atomic mass is 15.3. The zero-order valence-electron chi connectivity index (χ0n) is 8.77. The summed E-state index contributed by atoms with van der Waals surface area (Å²) in [7, 11) is 0. The quantitative estimate of drug-likeness (QED) is 0.704. The number of hydrogen-bond donors (Lipinski definition) is 0. The second kappa shape index (κ2) is 3.19. The highest BCUT2D eigenvalue weighted by molar-refractivity contribution is 5.29. The van der Waals surface area contributed by atoms with E-state index in [2.05, 4.69) is 16.3 Å². The third-order valence-electron chi connectivity index (χ3n) is 2.85. The summed E-state index contributed by atoms with van der Waals surface area (Å²) in [5, 5.41) is 4.56. The van der Waals surface area contributed by atoms with Crippen LogP contribution in [0.2, 0.25) is 0 Å².